The van der Waals surface area contributed by atoms with Crippen LogP contribution in [0.5, 0.6) is 5.75 Å². The summed E-state index contributed by atoms with van der Waals surface area (Å²) in [5.41, 5.74) is 2.31. The minimum Gasteiger partial charge on any atom is -0.495 e. The molecule has 2 rings (SSSR count). The molecule has 5 nitrogen and oxygen atoms in total. The third kappa shape index (κ3) is 4.99. The van der Waals surface area contributed by atoms with E-state index in [1.165, 1.54) is 24.5 Å². The number of methoxy groups -OCH3 is 1. The number of amides is 2. The fourth-order valence-corrected chi connectivity index (χ4v) is 2.71. The van der Waals surface area contributed by atoms with Gasteiger partial charge in [-0.3, -0.25) is 9.59 Å². The molecule has 0 aliphatic carbocycles. The minimum absolute atomic E-state index is 0.105. The van der Waals surface area contributed by atoms with Crippen LogP contribution in [-0.2, 0) is 9.59 Å². The van der Waals surface area contributed by atoms with Crippen LogP contribution < -0.4 is 15.0 Å². The number of carbonyl (C=O) groups is 2. The predicted molar refractivity (Wildman–Crippen MR) is 105 cm³/mol. The molecule has 0 saturated carbocycles. The van der Waals surface area contributed by atoms with Crippen LogP contribution in [0, 0.1) is 0 Å². The number of carbonyl (C=O) groups excluding carboxylic acids is 2. The molecule has 0 fully saturated rings. The van der Waals surface area contributed by atoms with Gasteiger partial charge in [0.05, 0.1) is 12.8 Å². The van der Waals surface area contributed by atoms with E-state index in [2.05, 4.69) is 19.2 Å². The monoisotopic (exact) mass is 374 g/mol. The quantitative estimate of drug-likeness (QED) is 0.811. The van der Waals surface area contributed by atoms with Gasteiger partial charge < -0.3 is 15.0 Å². The van der Waals surface area contributed by atoms with Gasteiger partial charge in [-0.1, -0.05) is 37.6 Å². The van der Waals surface area contributed by atoms with Crippen molar-refractivity contribution in [3.8, 4) is 5.75 Å². The van der Waals surface area contributed by atoms with Crippen LogP contribution in [0.15, 0.2) is 42.5 Å². The van der Waals surface area contributed by atoms with Crippen molar-refractivity contribution in [1.29, 1.82) is 0 Å². The molecule has 0 aliphatic heterocycles. The second-order valence-corrected chi connectivity index (χ2v) is 6.68. The Morgan fingerprint density at radius 3 is 2.35 bits per heavy atom. The largest absolute Gasteiger partial charge is 0.495 e. The van der Waals surface area contributed by atoms with Crippen molar-refractivity contribution in [2.75, 3.05) is 23.9 Å². The number of halogens is 1. The van der Waals surface area contributed by atoms with Crippen molar-refractivity contribution in [2.24, 2.45) is 0 Å². The van der Waals surface area contributed by atoms with Crippen LogP contribution in [-0.4, -0.2) is 25.5 Å². The van der Waals surface area contributed by atoms with E-state index >= 15 is 0 Å². The average molecular weight is 375 g/mol. The summed E-state index contributed by atoms with van der Waals surface area (Å²) in [6.07, 6.45) is 0. The lowest BCUT2D eigenvalue weighted by Gasteiger charge is -2.21. The van der Waals surface area contributed by atoms with Gasteiger partial charge in [-0.15, -0.1) is 0 Å². The summed E-state index contributed by atoms with van der Waals surface area (Å²) in [5.74, 6) is 0.344. The maximum atomic E-state index is 12.5. The summed E-state index contributed by atoms with van der Waals surface area (Å²) in [5, 5.41) is 3.23. The number of nitrogens with one attached hydrogen (secondary N) is 1. The molecule has 0 atom stereocenters. The Morgan fingerprint density at radius 2 is 1.81 bits per heavy atom. The zero-order valence-electron chi connectivity index (χ0n) is 15.4. The van der Waals surface area contributed by atoms with Gasteiger partial charge in [0.15, 0.2) is 0 Å². The maximum absolute atomic E-state index is 12.5. The van der Waals surface area contributed by atoms with Gasteiger partial charge >= 0.3 is 0 Å². The van der Waals surface area contributed by atoms with Crippen LogP contribution in [0.1, 0.15) is 32.3 Å². The van der Waals surface area contributed by atoms with Crippen molar-refractivity contribution in [2.45, 2.75) is 26.7 Å². The second-order valence-electron chi connectivity index (χ2n) is 6.24. The highest BCUT2D eigenvalue weighted by atomic mass is 35.5. The van der Waals surface area contributed by atoms with E-state index in [9.17, 15) is 9.59 Å². The Balaban J connectivity index is 2.16. The van der Waals surface area contributed by atoms with E-state index in [0.29, 0.717) is 28.1 Å². The average Bonchev–Trinajstić information content (AvgIpc) is 2.59. The predicted octanol–water partition coefficient (Wildman–Crippen LogP) is 4.46. The minimum atomic E-state index is -0.339. The Kier molecular flexibility index (Phi) is 6.64. The number of hydrogen-bond acceptors (Lipinski definition) is 3. The van der Waals surface area contributed by atoms with E-state index in [4.69, 9.17) is 16.3 Å². The first kappa shape index (κ1) is 19.8. The Bertz CT molecular complexity index is 788. The fourth-order valence-electron chi connectivity index (χ4n) is 2.53. The van der Waals surface area contributed by atoms with E-state index in [-0.39, 0.29) is 18.4 Å². The van der Waals surface area contributed by atoms with Gasteiger partial charge in [0, 0.05) is 17.6 Å². The van der Waals surface area contributed by atoms with Crippen molar-refractivity contribution < 1.29 is 14.3 Å². The summed E-state index contributed by atoms with van der Waals surface area (Å²) >= 11 is 5.98. The van der Waals surface area contributed by atoms with Gasteiger partial charge in [-0.2, -0.15) is 0 Å². The molecule has 0 heterocycles. The standard InChI is InChI=1S/C20H23ClN2O3/c1-13(2)15-5-8-17(9-6-15)23(14(3)24)12-20(25)22-18-11-16(21)7-10-19(18)26-4/h5-11,13H,12H2,1-4H3,(H,22,25). The van der Waals surface area contributed by atoms with Crippen molar-refractivity contribution in [3.63, 3.8) is 0 Å². The fraction of sp³-hybridized carbons (Fsp3) is 0.300. The van der Waals surface area contributed by atoms with Crippen molar-refractivity contribution in [3.05, 3.63) is 53.1 Å². The molecule has 0 aromatic heterocycles. The summed E-state index contributed by atoms with van der Waals surface area (Å²) in [6, 6.07) is 12.6. The molecule has 26 heavy (non-hydrogen) atoms. The topological polar surface area (TPSA) is 58.6 Å². The Morgan fingerprint density at radius 1 is 1.15 bits per heavy atom. The zero-order chi connectivity index (χ0) is 19.3. The van der Waals surface area contributed by atoms with Crippen LogP contribution in [0.4, 0.5) is 11.4 Å². The molecule has 2 amide bonds. The van der Waals surface area contributed by atoms with Crippen LogP contribution in [0.2, 0.25) is 5.02 Å². The van der Waals surface area contributed by atoms with Gasteiger partial charge in [0.25, 0.3) is 0 Å². The molecular weight excluding hydrogens is 352 g/mol. The molecule has 2 aromatic carbocycles. The van der Waals surface area contributed by atoms with Gasteiger partial charge in [-0.25, -0.2) is 0 Å². The van der Waals surface area contributed by atoms with Crippen LogP contribution in [0.3, 0.4) is 0 Å². The first-order valence-electron chi connectivity index (χ1n) is 8.33. The number of rotatable bonds is 6. The smallest absolute Gasteiger partial charge is 0.244 e. The normalized spacial score (nSPS) is 10.5. The number of nitrogens with zero attached hydrogens (tertiary/aromatic N) is 1. The summed E-state index contributed by atoms with van der Waals surface area (Å²) in [6.45, 7) is 5.53. The Labute approximate surface area is 158 Å². The second kappa shape index (κ2) is 8.72. The SMILES string of the molecule is COc1ccc(Cl)cc1NC(=O)CN(C(C)=O)c1ccc(C(C)C)cc1. The van der Waals surface area contributed by atoms with E-state index < -0.39 is 0 Å². The van der Waals surface area contributed by atoms with Crippen molar-refractivity contribution >= 4 is 34.8 Å². The number of benzene rings is 2. The molecule has 2 aromatic rings. The summed E-state index contributed by atoms with van der Waals surface area (Å²) in [4.78, 5) is 25.9. The number of anilines is 2. The molecular formula is C20H23ClN2O3. The number of ether oxygens (including phenoxy) is 1. The molecule has 0 spiro atoms. The van der Waals surface area contributed by atoms with Gasteiger partial charge in [-0.05, 0) is 41.8 Å². The van der Waals surface area contributed by atoms with E-state index in [1.807, 2.05) is 24.3 Å². The lowest BCUT2D eigenvalue weighted by Crippen LogP contribution is -2.36. The molecule has 0 unspecified atom stereocenters. The first-order valence-corrected chi connectivity index (χ1v) is 8.71. The van der Waals surface area contributed by atoms with Gasteiger partial charge in [0.1, 0.15) is 12.3 Å². The summed E-state index contributed by atoms with van der Waals surface area (Å²) < 4.78 is 5.22. The zero-order valence-corrected chi connectivity index (χ0v) is 16.1. The molecule has 0 bridgehead atoms. The molecule has 0 aliphatic rings. The first-order chi connectivity index (χ1) is 12.3. The lowest BCUT2D eigenvalue weighted by atomic mass is 10.0. The molecule has 138 valence electrons. The molecule has 0 saturated heterocycles. The maximum Gasteiger partial charge on any atom is 0.244 e. The Hall–Kier alpha value is -2.53. The highest BCUT2D eigenvalue weighted by Gasteiger charge is 2.17. The third-order valence-corrected chi connectivity index (χ3v) is 4.22. The highest BCUT2D eigenvalue weighted by Crippen LogP contribution is 2.28. The molecule has 6 heteroatoms. The van der Waals surface area contributed by atoms with E-state index in [1.54, 1.807) is 18.2 Å². The van der Waals surface area contributed by atoms with Gasteiger partial charge in [0.2, 0.25) is 11.8 Å². The summed E-state index contributed by atoms with van der Waals surface area (Å²) in [7, 11) is 1.51. The molecule has 0 radical (unpaired) electrons. The van der Waals surface area contributed by atoms with Crippen LogP contribution in [0.25, 0.3) is 0 Å². The van der Waals surface area contributed by atoms with Crippen LogP contribution >= 0.6 is 11.6 Å². The lowest BCUT2D eigenvalue weighted by molar-refractivity contribution is -0.120. The molecule has 1 N–H and O–H groups in total. The van der Waals surface area contributed by atoms with E-state index in [0.717, 1.165) is 0 Å². The van der Waals surface area contributed by atoms with Crippen molar-refractivity contribution in [1.82, 2.24) is 0 Å². The highest BCUT2D eigenvalue weighted by molar-refractivity contribution is 6.31. The third-order valence-electron chi connectivity index (χ3n) is 3.99. The number of hydrogen-bond donors (Lipinski definition) is 1.